The lowest BCUT2D eigenvalue weighted by Crippen LogP contribution is -2.44. The highest BCUT2D eigenvalue weighted by Gasteiger charge is 2.21. The SMILES string of the molecule is CC(C)(C)N(CCCCO)CCS(C)(=O)=O. The lowest BCUT2D eigenvalue weighted by molar-refractivity contribution is 0.139. The fraction of sp³-hybridized carbons (Fsp3) is 1.00. The molecule has 0 radical (unpaired) electrons. The van der Waals surface area contributed by atoms with E-state index in [0.717, 1.165) is 19.4 Å². The van der Waals surface area contributed by atoms with Crippen LogP contribution < -0.4 is 0 Å². The minimum Gasteiger partial charge on any atom is -0.396 e. The van der Waals surface area contributed by atoms with Gasteiger partial charge in [-0.25, -0.2) is 8.42 Å². The van der Waals surface area contributed by atoms with Gasteiger partial charge in [0.05, 0.1) is 5.75 Å². The molecule has 0 aromatic heterocycles. The molecule has 0 aliphatic rings. The summed E-state index contributed by atoms with van der Waals surface area (Å²) in [6.07, 6.45) is 2.94. The Balaban J connectivity index is 4.23. The summed E-state index contributed by atoms with van der Waals surface area (Å²) in [5.41, 5.74) is -0.0276. The molecule has 0 aliphatic heterocycles. The van der Waals surface area contributed by atoms with E-state index in [-0.39, 0.29) is 17.9 Å². The summed E-state index contributed by atoms with van der Waals surface area (Å²) < 4.78 is 22.3. The third-order valence-electron chi connectivity index (χ3n) is 2.52. The molecular formula is C11H25NO3S. The Hall–Kier alpha value is -0.130. The average Bonchev–Trinajstić information content (AvgIpc) is 2.07. The monoisotopic (exact) mass is 251 g/mol. The first-order valence-corrected chi connectivity index (χ1v) is 7.76. The van der Waals surface area contributed by atoms with Gasteiger partial charge < -0.3 is 5.11 Å². The van der Waals surface area contributed by atoms with Crippen molar-refractivity contribution in [3.63, 3.8) is 0 Å². The fourth-order valence-electron chi connectivity index (χ4n) is 1.47. The molecule has 0 aliphatic carbocycles. The van der Waals surface area contributed by atoms with E-state index < -0.39 is 9.84 Å². The maximum Gasteiger partial charge on any atom is 0.148 e. The van der Waals surface area contributed by atoms with Crippen molar-refractivity contribution >= 4 is 9.84 Å². The molecule has 4 nitrogen and oxygen atoms in total. The second kappa shape index (κ2) is 6.57. The maximum absolute atomic E-state index is 11.1. The number of aliphatic hydroxyl groups excluding tert-OH is 1. The summed E-state index contributed by atoms with van der Waals surface area (Å²) in [7, 11) is -2.90. The van der Waals surface area contributed by atoms with Gasteiger partial charge >= 0.3 is 0 Å². The molecule has 0 spiro atoms. The topological polar surface area (TPSA) is 57.6 Å². The molecule has 0 bridgehead atoms. The summed E-state index contributed by atoms with van der Waals surface area (Å²) in [5, 5.41) is 8.73. The van der Waals surface area contributed by atoms with Crippen LogP contribution in [0.25, 0.3) is 0 Å². The van der Waals surface area contributed by atoms with E-state index >= 15 is 0 Å². The van der Waals surface area contributed by atoms with Crippen molar-refractivity contribution < 1.29 is 13.5 Å². The second-order valence-corrected chi connectivity index (χ2v) is 7.48. The fourth-order valence-corrected chi connectivity index (χ4v) is 2.03. The van der Waals surface area contributed by atoms with Crippen LogP contribution in [0.5, 0.6) is 0 Å². The lowest BCUT2D eigenvalue weighted by atomic mass is 10.1. The van der Waals surface area contributed by atoms with Gasteiger partial charge in [-0.2, -0.15) is 0 Å². The molecule has 0 rings (SSSR count). The van der Waals surface area contributed by atoms with E-state index in [9.17, 15) is 8.42 Å². The quantitative estimate of drug-likeness (QED) is 0.683. The van der Waals surface area contributed by atoms with Gasteiger partial charge in [0.15, 0.2) is 0 Å². The van der Waals surface area contributed by atoms with Crippen LogP contribution in [0.4, 0.5) is 0 Å². The molecule has 0 fully saturated rings. The van der Waals surface area contributed by atoms with Crippen LogP contribution >= 0.6 is 0 Å². The summed E-state index contributed by atoms with van der Waals surface area (Å²) in [6, 6.07) is 0. The first-order chi connectivity index (χ1) is 7.17. The molecule has 0 amide bonds. The molecule has 16 heavy (non-hydrogen) atoms. The Kier molecular flexibility index (Phi) is 6.51. The Morgan fingerprint density at radius 3 is 2.06 bits per heavy atom. The minimum absolute atomic E-state index is 0.0276. The molecule has 0 heterocycles. The van der Waals surface area contributed by atoms with Gasteiger partial charge in [0.25, 0.3) is 0 Å². The summed E-state index contributed by atoms with van der Waals surface area (Å²) in [5.74, 6) is 0.198. The molecular weight excluding hydrogens is 226 g/mol. The molecule has 1 N–H and O–H groups in total. The summed E-state index contributed by atoms with van der Waals surface area (Å²) in [4.78, 5) is 2.16. The van der Waals surface area contributed by atoms with E-state index in [1.807, 2.05) is 0 Å². The van der Waals surface area contributed by atoms with Crippen LogP contribution in [0, 0.1) is 0 Å². The van der Waals surface area contributed by atoms with E-state index in [2.05, 4.69) is 25.7 Å². The Labute approximate surface area is 99.6 Å². The predicted molar refractivity (Wildman–Crippen MR) is 67.4 cm³/mol. The van der Waals surface area contributed by atoms with Crippen molar-refractivity contribution in [1.29, 1.82) is 0 Å². The first kappa shape index (κ1) is 15.9. The second-order valence-electron chi connectivity index (χ2n) is 5.22. The van der Waals surface area contributed by atoms with Gasteiger partial charge in [-0.1, -0.05) is 0 Å². The number of sulfone groups is 1. The van der Waals surface area contributed by atoms with Gasteiger partial charge in [-0.05, 0) is 40.2 Å². The van der Waals surface area contributed by atoms with E-state index in [4.69, 9.17) is 5.11 Å². The standard InChI is InChI=1S/C11H25NO3S/c1-11(2,3)12(7-5-6-9-13)8-10-16(4,14)15/h13H,5-10H2,1-4H3. The molecule has 0 aromatic rings. The van der Waals surface area contributed by atoms with Crippen molar-refractivity contribution in [3.05, 3.63) is 0 Å². The largest absolute Gasteiger partial charge is 0.396 e. The Morgan fingerprint density at radius 1 is 1.12 bits per heavy atom. The molecule has 0 unspecified atom stereocenters. The Morgan fingerprint density at radius 2 is 1.69 bits per heavy atom. The van der Waals surface area contributed by atoms with Gasteiger partial charge in [0, 0.05) is 24.9 Å². The van der Waals surface area contributed by atoms with Crippen LogP contribution in [-0.4, -0.2) is 55.7 Å². The van der Waals surface area contributed by atoms with Gasteiger partial charge in [-0.15, -0.1) is 0 Å². The van der Waals surface area contributed by atoms with Crippen molar-refractivity contribution in [2.24, 2.45) is 0 Å². The highest BCUT2D eigenvalue weighted by Crippen LogP contribution is 2.14. The van der Waals surface area contributed by atoms with Crippen LogP contribution in [0.15, 0.2) is 0 Å². The number of hydrogen-bond donors (Lipinski definition) is 1. The first-order valence-electron chi connectivity index (χ1n) is 5.70. The minimum atomic E-state index is -2.90. The zero-order chi connectivity index (χ0) is 12.8. The van der Waals surface area contributed by atoms with Crippen molar-refractivity contribution in [1.82, 2.24) is 4.90 Å². The normalized spacial score (nSPS) is 13.4. The van der Waals surface area contributed by atoms with Gasteiger partial charge in [-0.3, -0.25) is 4.90 Å². The Bertz CT molecular complexity index is 280. The number of rotatable bonds is 7. The van der Waals surface area contributed by atoms with Crippen LogP contribution in [-0.2, 0) is 9.84 Å². The molecule has 0 saturated carbocycles. The highest BCUT2D eigenvalue weighted by atomic mass is 32.2. The zero-order valence-corrected chi connectivity index (χ0v) is 11.7. The summed E-state index contributed by atoms with van der Waals surface area (Å²) >= 11 is 0. The van der Waals surface area contributed by atoms with E-state index in [1.165, 1.54) is 6.26 Å². The molecule has 5 heteroatoms. The number of unbranched alkanes of at least 4 members (excludes halogenated alkanes) is 1. The average molecular weight is 251 g/mol. The van der Waals surface area contributed by atoms with Gasteiger partial charge in [0.2, 0.25) is 0 Å². The van der Waals surface area contributed by atoms with Crippen molar-refractivity contribution in [2.75, 3.05) is 31.7 Å². The molecule has 98 valence electrons. The van der Waals surface area contributed by atoms with Crippen molar-refractivity contribution in [3.8, 4) is 0 Å². The van der Waals surface area contributed by atoms with Crippen LogP contribution in [0.1, 0.15) is 33.6 Å². The summed E-state index contributed by atoms with van der Waals surface area (Å²) in [6.45, 7) is 7.83. The zero-order valence-electron chi connectivity index (χ0n) is 10.9. The van der Waals surface area contributed by atoms with Crippen molar-refractivity contribution in [2.45, 2.75) is 39.2 Å². The maximum atomic E-state index is 11.1. The highest BCUT2D eigenvalue weighted by molar-refractivity contribution is 7.90. The lowest BCUT2D eigenvalue weighted by Gasteiger charge is -2.35. The molecule has 0 saturated heterocycles. The molecule has 0 aromatic carbocycles. The smallest absolute Gasteiger partial charge is 0.148 e. The van der Waals surface area contributed by atoms with Gasteiger partial charge in [0.1, 0.15) is 9.84 Å². The van der Waals surface area contributed by atoms with E-state index in [0.29, 0.717) is 6.54 Å². The number of aliphatic hydroxyl groups is 1. The van der Waals surface area contributed by atoms with E-state index in [1.54, 1.807) is 0 Å². The molecule has 0 atom stereocenters. The predicted octanol–water partition coefficient (Wildman–Crippen LogP) is 0.904. The third-order valence-corrected chi connectivity index (χ3v) is 3.44. The van der Waals surface area contributed by atoms with Crippen LogP contribution in [0.2, 0.25) is 0 Å². The van der Waals surface area contributed by atoms with Crippen LogP contribution in [0.3, 0.4) is 0 Å². The third kappa shape index (κ3) is 8.07. The number of hydrogen-bond acceptors (Lipinski definition) is 4. The number of nitrogens with zero attached hydrogens (tertiary/aromatic N) is 1.